The van der Waals surface area contributed by atoms with Gasteiger partial charge in [-0.25, -0.2) is 0 Å². The lowest BCUT2D eigenvalue weighted by Gasteiger charge is -2.30. The molecule has 0 atom stereocenters. The second-order valence-corrected chi connectivity index (χ2v) is 18.1. The van der Waals surface area contributed by atoms with Crippen LogP contribution >= 0.6 is 0 Å². The second-order valence-electron chi connectivity index (χ2n) is 18.1. The summed E-state index contributed by atoms with van der Waals surface area (Å²) in [7, 11) is 0. The molecule has 12 rings (SSSR count). The fourth-order valence-electron chi connectivity index (χ4n) is 10.7. The third kappa shape index (κ3) is 5.43. The van der Waals surface area contributed by atoms with Gasteiger partial charge in [0.25, 0.3) is 0 Å². The molecule has 2 heteroatoms. The summed E-state index contributed by atoms with van der Waals surface area (Å²) in [6, 6.07) is 73.7. The molecule has 0 bridgehead atoms. The van der Waals surface area contributed by atoms with E-state index in [2.05, 4.69) is 227 Å². The Kier molecular flexibility index (Phi) is 7.96. The zero-order valence-corrected chi connectivity index (χ0v) is 35.4. The average molecular weight is 796 g/mol. The van der Waals surface area contributed by atoms with E-state index < -0.39 is 0 Å². The van der Waals surface area contributed by atoms with Crippen LogP contribution in [0.4, 0.5) is 17.1 Å². The summed E-state index contributed by atoms with van der Waals surface area (Å²) in [6.45, 7) is 9.47. The molecule has 2 nitrogen and oxygen atoms in total. The molecule has 1 aromatic heterocycles. The van der Waals surface area contributed by atoms with Crippen molar-refractivity contribution in [3.8, 4) is 55.6 Å². The Bertz CT molecular complexity index is 3310. The third-order valence-corrected chi connectivity index (χ3v) is 13.9. The largest absolute Gasteiger partial charge is 0.456 e. The highest BCUT2D eigenvalue weighted by Crippen LogP contribution is 2.53. The van der Waals surface area contributed by atoms with Gasteiger partial charge in [0.2, 0.25) is 0 Å². The normalized spacial score (nSPS) is 14.1. The van der Waals surface area contributed by atoms with Crippen LogP contribution in [0.25, 0.3) is 77.6 Å². The molecule has 0 amide bonds. The van der Waals surface area contributed by atoms with Crippen LogP contribution in [0.5, 0.6) is 0 Å². The van der Waals surface area contributed by atoms with Crippen LogP contribution < -0.4 is 4.90 Å². The minimum Gasteiger partial charge on any atom is -0.456 e. The molecule has 0 N–H and O–H groups in total. The maximum absolute atomic E-state index is 6.43. The van der Waals surface area contributed by atoms with Gasteiger partial charge in [-0.3, -0.25) is 0 Å². The summed E-state index contributed by atoms with van der Waals surface area (Å²) in [5.41, 5.74) is 22.7. The van der Waals surface area contributed by atoms with E-state index in [-0.39, 0.29) is 10.8 Å². The molecule has 0 saturated carbocycles. The summed E-state index contributed by atoms with van der Waals surface area (Å²) in [4.78, 5) is 2.48. The molecular formula is C60H45NO. The lowest BCUT2D eigenvalue weighted by molar-refractivity contribution is 0.660. The lowest BCUT2D eigenvalue weighted by atomic mass is 9.82. The zero-order valence-electron chi connectivity index (χ0n) is 35.4. The summed E-state index contributed by atoms with van der Waals surface area (Å²) in [5, 5.41) is 2.26. The molecule has 296 valence electrons. The van der Waals surface area contributed by atoms with Gasteiger partial charge in [-0.15, -0.1) is 0 Å². The molecule has 2 aliphatic rings. The molecule has 62 heavy (non-hydrogen) atoms. The summed E-state index contributed by atoms with van der Waals surface area (Å²) in [5.74, 6) is 0. The van der Waals surface area contributed by atoms with Gasteiger partial charge in [0.15, 0.2) is 0 Å². The number of fused-ring (bicyclic) bond motifs is 9. The Balaban J connectivity index is 1.08. The van der Waals surface area contributed by atoms with Gasteiger partial charge in [-0.1, -0.05) is 173 Å². The number of rotatable bonds is 6. The highest BCUT2D eigenvalue weighted by atomic mass is 16.3. The van der Waals surface area contributed by atoms with E-state index in [0.717, 1.165) is 50.1 Å². The van der Waals surface area contributed by atoms with Gasteiger partial charge in [0.05, 0.1) is 0 Å². The van der Waals surface area contributed by atoms with Crippen molar-refractivity contribution in [2.24, 2.45) is 0 Å². The number of nitrogens with zero attached hydrogens (tertiary/aromatic N) is 1. The second kappa shape index (κ2) is 13.5. The third-order valence-electron chi connectivity index (χ3n) is 13.9. The monoisotopic (exact) mass is 795 g/mol. The minimum absolute atomic E-state index is 0.137. The molecule has 0 spiro atoms. The summed E-state index contributed by atoms with van der Waals surface area (Å²) in [6.07, 6.45) is 0. The van der Waals surface area contributed by atoms with Crippen molar-refractivity contribution in [1.29, 1.82) is 0 Å². The highest BCUT2D eigenvalue weighted by molar-refractivity contribution is 6.14. The minimum atomic E-state index is -0.137. The van der Waals surface area contributed by atoms with Crippen LogP contribution in [-0.2, 0) is 10.8 Å². The Hall–Kier alpha value is -7.42. The van der Waals surface area contributed by atoms with Gasteiger partial charge >= 0.3 is 0 Å². The molecule has 2 aliphatic carbocycles. The molecule has 0 aliphatic heterocycles. The molecule has 10 aromatic rings. The standard InChI is InChI=1S/C60H45NO/c1-59(2)52-24-11-8-20-45(52)47-32-29-42(36-54(47)59)61(43-30-33-48-46-21-9-12-25-53(46)60(3,4)55(48)37-43)41-19-14-18-40(34-41)51-35-39(38-16-6-5-7-17-38)28-31-44(51)49-23-15-27-57-58(49)50-22-10-13-26-56(50)62-57/h5-37H,1-4H3. The first-order chi connectivity index (χ1) is 30.3. The Morgan fingerprint density at radius 1 is 0.323 bits per heavy atom. The van der Waals surface area contributed by atoms with Crippen molar-refractivity contribution >= 4 is 39.0 Å². The Labute approximate surface area is 363 Å². The van der Waals surface area contributed by atoms with E-state index in [1.54, 1.807) is 0 Å². The smallest absolute Gasteiger partial charge is 0.136 e. The van der Waals surface area contributed by atoms with Crippen LogP contribution in [0, 0.1) is 0 Å². The van der Waals surface area contributed by atoms with Gasteiger partial charge in [0.1, 0.15) is 11.2 Å². The van der Waals surface area contributed by atoms with Crippen molar-refractivity contribution in [3.05, 3.63) is 222 Å². The van der Waals surface area contributed by atoms with E-state index in [0.29, 0.717) is 0 Å². The maximum Gasteiger partial charge on any atom is 0.136 e. The van der Waals surface area contributed by atoms with E-state index in [4.69, 9.17) is 4.42 Å². The molecule has 0 radical (unpaired) electrons. The predicted octanol–water partition coefficient (Wildman–Crippen LogP) is 16.7. The van der Waals surface area contributed by atoms with E-state index >= 15 is 0 Å². The number of benzene rings is 9. The van der Waals surface area contributed by atoms with Crippen LogP contribution in [0.1, 0.15) is 49.9 Å². The van der Waals surface area contributed by atoms with E-state index in [9.17, 15) is 0 Å². The first kappa shape index (κ1) is 36.4. The van der Waals surface area contributed by atoms with Crippen molar-refractivity contribution in [2.45, 2.75) is 38.5 Å². The lowest BCUT2D eigenvalue weighted by Crippen LogP contribution is -2.18. The fraction of sp³-hybridized carbons (Fsp3) is 0.100. The number of hydrogen-bond donors (Lipinski definition) is 0. The van der Waals surface area contributed by atoms with Crippen LogP contribution in [0.2, 0.25) is 0 Å². The molecular weight excluding hydrogens is 751 g/mol. The summed E-state index contributed by atoms with van der Waals surface area (Å²) >= 11 is 0. The van der Waals surface area contributed by atoms with Crippen molar-refractivity contribution in [3.63, 3.8) is 0 Å². The van der Waals surface area contributed by atoms with Gasteiger partial charge < -0.3 is 9.32 Å². The molecule has 9 aromatic carbocycles. The number of hydrogen-bond acceptors (Lipinski definition) is 2. The van der Waals surface area contributed by atoms with Crippen LogP contribution in [0.15, 0.2) is 205 Å². The molecule has 1 heterocycles. The predicted molar refractivity (Wildman–Crippen MR) is 260 cm³/mol. The SMILES string of the molecule is CC1(C)c2ccccc2-c2ccc(N(c3cccc(-c4cc(-c5ccccc5)ccc4-c4cccc5oc6ccccc6c45)c3)c3ccc4c(c3)C(C)(C)c3ccccc3-4)cc21. The molecule has 0 fully saturated rings. The quantitative estimate of drug-likeness (QED) is 0.167. The topological polar surface area (TPSA) is 16.4 Å². The van der Waals surface area contributed by atoms with Gasteiger partial charge in [-0.05, 0) is 132 Å². The van der Waals surface area contributed by atoms with E-state index in [1.165, 1.54) is 66.8 Å². The Morgan fingerprint density at radius 2 is 0.839 bits per heavy atom. The van der Waals surface area contributed by atoms with Crippen molar-refractivity contribution < 1.29 is 4.42 Å². The van der Waals surface area contributed by atoms with Gasteiger partial charge in [-0.2, -0.15) is 0 Å². The van der Waals surface area contributed by atoms with Crippen molar-refractivity contribution in [1.82, 2.24) is 0 Å². The molecule has 0 saturated heterocycles. The highest BCUT2D eigenvalue weighted by Gasteiger charge is 2.37. The zero-order chi connectivity index (χ0) is 41.7. The van der Waals surface area contributed by atoms with E-state index in [1.807, 2.05) is 6.07 Å². The first-order valence-electron chi connectivity index (χ1n) is 21.8. The number of furan rings is 1. The fourth-order valence-corrected chi connectivity index (χ4v) is 10.7. The summed E-state index contributed by atoms with van der Waals surface area (Å²) < 4.78 is 6.43. The van der Waals surface area contributed by atoms with Crippen LogP contribution in [-0.4, -0.2) is 0 Å². The van der Waals surface area contributed by atoms with Crippen molar-refractivity contribution in [2.75, 3.05) is 4.90 Å². The Morgan fingerprint density at radius 3 is 1.53 bits per heavy atom. The first-order valence-corrected chi connectivity index (χ1v) is 21.8. The van der Waals surface area contributed by atoms with Gasteiger partial charge in [0, 0.05) is 38.7 Å². The number of para-hydroxylation sites is 1. The maximum atomic E-state index is 6.43. The van der Waals surface area contributed by atoms with Crippen LogP contribution in [0.3, 0.4) is 0 Å². The molecule has 0 unspecified atom stereocenters. The number of anilines is 3. The average Bonchev–Trinajstić information content (AvgIpc) is 3.89.